The molecule has 0 unspecified atom stereocenters. The number of halogens is 3. The highest BCUT2D eigenvalue weighted by atomic mass is 19.4. The van der Waals surface area contributed by atoms with E-state index < -0.39 is 11.7 Å². The smallest absolute Gasteiger partial charge is 0.264 e. The highest BCUT2D eigenvalue weighted by Crippen LogP contribution is 2.39. The third-order valence-corrected chi connectivity index (χ3v) is 3.21. The summed E-state index contributed by atoms with van der Waals surface area (Å²) in [4.78, 5) is 3.59. The second-order valence-electron chi connectivity index (χ2n) is 4.30. The van der Waals surface area contributed by atoms with Gasteiger partial charge in [-0.3, -0.25) is 4.98 Å². The first kappa shape index (κ1) is 11.4. The number of hydrogen-bond acceptors (Lipinski definition) is 1. The lowest BCUT2D eigenvalue weighted by atomic mass is 9.82. The Morgan fingerprint density at radius 2 is 1.81 bits per heavy atom. The SMILES string of the molecule is FC(F)(F)c1cnccc1C1CCCCC1. The normalized spacial score (nSPS) is 18.7. The van der Waals surface area contributed by atoms with Gasteiger partial charge < -0.3 is 0 Å². The first-order chi connectivity index (χ1) is 7.59. The summed E-state index contributed by atoms with van der Waals surface area (Å²) >= 11 is 0. The number of aromatic nitrogens is 1. The first-order valence-electron chi connectivity index (χ1n) is 5.60. The van der Waals surface area contributed by atoms with Crippen LogP contribution in [0.5, 0.6) is 0 Å². The molecular weight excluding hydrogens is 215 g/mol. The van der Waals surface area contributed by atoms with Crippen LogP contribution in [0.1, 0.15) is 49.1 Å². The van der Waals surface area contributed by atoms with Gasteiger partial charge in [-0.15, -0.1) is 0 Å². The topological polar surface area (TPSA) is 12.9 Å². The zero-order valence-corrected chi connectivity index (χ0v) is 8.93. The summed E-state index contributed by atoms with van der Waals surface area (Å²) in [5, 5.41) is 0. The third kappa shape index (κ3) is 2.36. The van der Waals surface area contributed by atoms with Gasteiger partial charge in [0.05, 0.1) is 5.56 Å². The second kappa shape index (κ2) is 4.44. The molecule has 0 saturated heterocycles. The predicted molar refractivity (Wildman–Crippen MR) is 55.1 cm³/mol. The van der Waals surface area contributed by atoms with Crippen LogP contribution in [0.15, 0.2) is 18.5 Å². The molecule has 0 aromatic carbocycles. The van der Waals surface area contributed by atoms with Gasteiger partial charge in [-0.25, -0.2) is 0 Å². The molecule has 1 aromatic rings. The van der Waals surface area contributed by atoms with Crippen LogP contribution in [0.3, 0.4) is 0 Å². The Balaban J connectivity index is 2.32. The van der Waals surface area contributed by atoms with Crippen molar-refractivity contribution in [1.29, 1.82) is 0 Å². The Labute approximate surface area is 92.7 Å². The van der Waals surface area contributed by atoms with Crippen LogP contribution in [0.2, 0.25) is 0 Å². The fourth-order valence-electron chi connectivity index (χ4n) is 2.41. The Bertz CT molecular complexity index is 354. The Kier molecular flexibility index (Phi) is 3.17. The van der Waals surface area contributed by atoms with Gasteiger partial charge in [-0.2, -0.15) is 13.2 Å². The van der Waals surface area contributed by atoms with Crippen molar-refractivity contribution in [3.8, 4) is 0 Å². The molecule has 4 heteroatoms. The van der Waals surface area contributed by atoms with Crippen molar-refractivity contribution < 1.29 is 13.2 Å². The van der Waals surface area contributed by atoms with E-state index in [9.17, 15) is 13.2 Å². The Hall–Kier alpha value is -1.06. The van der Waals surface area contributed by atoms with Crippen LogP contribution in [0.25, 0.3) is 0 Å². The van der Waals surface area contributed by atoms with Crippen LogP contribution in [-0.4, -0.2) is 4.98 Å². The lowest BCUT2D eigenvalue weighted by molar-refractivity contribution is -0.138. The maximum Gasteiger partial charge on any atom is 0.418 e. The van der Waals surface area contributed by atoms with Gasteiger partial charge in [0.15, 0.2) is 0 Å². The van der Waals surface area contributed by atoms with Gasteiger partial charge in [0, 0.05) is 12.4 Å². The second-order valence-corrected chi connectivity index (χ2v) is 4.30. The summed E-state index contributed by atoms with van der Waals surface area (Å²) in [7, 11) is 0. The Morgan fingerprint density at radius 1 is 1.12 bits per heavy atom. The van der Waals surface area contributed by atoms with E-state index in [0.29, 0.717) is 5.56 Å². The maximum atomic E-state index is 12.8. The van der Waals surface area contributed by atoms with Crippen molar-refractivity contribution in [2.24, 2.45) is 0 Å². The summed E-state index contributed by atoms with van der Waals surface area (Å²) < 4.78 is 38.3. The average molecular weight is 229 g/mol. The molecule has 1 saturated carbocycles. The van der Waals surface area contributed by atoms with Crippen molar-refractivity contribution in [1.82, 2.24) is 4.98 Å². The summed E-state index contributed by atoms with van der Waals surface area (Å²) in [6.07, 6.45) is 3.07. The standard InChI is InChI=1S/C12H14F3N/c13-12(14,15)11-8-16-7-6-10(11)9-4-2-1-3-5-9/h6-9H,1-5H2. The van der Waals surface area contributed by atoms with Gasteiger partial charge in [0.25, 0.3) is 0 Å². The molecule has 0 aliphatic heterocycles. The van der Waals surface area contributed by atoms with Crippen LogP contribution >= 0.6 is 0 Å². The minimum absolute atomic E-state index is 0.0633. The van der Waals surface area contributed by atoms with E-state index in [0.717, 1.165) is 38.3 Å². The van der Waals surface area contributed by atoms with E-state index >= 15 is 0 Å². The molecule has 1 fully saturated rings. The van der Waals surface area contributed by atoms with E-state index in [1.165, 1.54) is 12.3 Å². The molecule has 0 atom stereocenters. The van der Waals surface area contributed by atoms with E-state index in [2.05, 4.69) is 4.98 Å². The lowest BCUT2D eigenvalue weighted by Crippen LogP contribution is -2.14. The molecule has 0 amide bonds. The van der Waals surface area contributed by atoms with Gasteiger partial charge in [0.2, 0.25) is 0 Å². The predicted octanol–water partition coefficient (Wildman–Crippen LogP) is 4.15. The fourth-order valence-corrected chi connectivity index (χ4v) is 2.41. The summed E-state index contributed by atoms with van der Waals surface area (Å²) in [5.74, 6) is 0.0633. The highest BCUT2D eigenvalue weighted by Gasteiger charge is 2.35. The van der Waals surface area contributed by atoms with Crippen LogP contribution < -0.4 is 0 Å². The van der Waals surface area contributed by atoms with Gasteiger partial charge in [0.1, 0.15) is 0 Å². The van der Waals surface area contributed by atoms with Crippen molar-refractivity contribution in [2.75, 3.05) is 0 Å². The zero-order valence-electron chi connectivity index (χ0n) is 8.93. The van der Waals surface area contributed by atoms with Crippen LogP contribution in [-0.2, 0) is 6.18 Å². The lowest BCUT2D eigenvalue weighted by Gasteiger charge is -2.24. The van der Waals surface area contributed by atoms with E-state index in [4.69, 9.17) is 0 Å². The molecule has 1 aliphatic carbocycles. The number of alkyl halides is 3. The van der Waals surface area contributed by atoms with Gasteiger partial charge >= 0.3 is 6.18 Å². The molecule has 1 heterocycles. The molecule has 0 radical (unpaired) electrons. The summed E-state index contributed by atoms with van der Waals surface area (Å²) in [5.41, 5.74) is -0.121. The molecular formula is C12H14F3N. The number of pyridine rings is 1. The molecule has 0 N–H and O–H groups in total. The quantitative estimate of drug-likeness (QED) is 0.705. The van der Waals surface area contributed by atoms with Crippen LogP contribution in [0, 0.1) is 0 Å². The largest absolute Gasteiger partial charge is 0.418 e. The molecule has 0 bridgehead atoms. The molecule has 0 spiro atoms. The van der Waals surface area contributed by atoms with E-state index in [1.807, 2.05) is 0 Å². The van der Waals surface area contributed by atoms with Crippen LogP contribution in [0.4, 0.5) is 13.2 Å². The monoisotopic (exact) mass is 229 g/mol. The zero-order chi connectivity index (χ0) is 11.6. The number of rotatable bonds is 1. The maximum absolute atomic E-state index is 12.8. The molecule has 2 rings (SSSR count). The molecule has 16 heavy (non-hydrogen) atoms. The van der Waals surface area contributed by atoms with Gasteiger partial charge in [-0.05, 0) is 30.4 Å². The molecule has 88 valence electrons. The summed E-state index contributed by atoms with van der Waals surface area (Å²) in [6.45, 7) is 0. The molecule has 1 aromatic heterocycles. The van der Waals surface area contributed by atoms with Crippen molar-refractivity contribution in [2.45, 2.75) is 44.2 Å². The number of nitrogens with zero attached hydrogens (tertiary/aromatic N) is 1. The van der Waals surface area contributed by atoms with E-state index in [1.54, 1.807) is 0 Å². The minimum atomic E-state index is -4.28. The molecule has 1 aliphatic rings. The highest BCUT2D eigenvalue weighted by molar-refractivity contribution is 5.29. The number of hydrogen-bond donors (Lipinski definition) is 0. The minimum Gasteiger partial charge on any atom is -0.264 e. The first-order valence-corrected chi connectivity index (χ1v) is 5.60. The average Bonchev–Trinajstić information content (AvgIpc) is 2.29. The van der Waals surface area contributed by atoms with E-state index in [-0.39, 0.29) is 5.92 Å². The fraction of sp³-hybridized carbons (Fsp3) is 0.583. The summed E-state index contributed by atoms with van der Waals surface area (Å²) in [6, 6.07) is 1.53. The van der Waals surface area contributed by atoms with Crippen molar-refractivity contribution in [3.63, 3.8) is 0 Å². The molecule has 1 nitrogen and oxygen atoms in total. The van der Waals surface area contributed by atoms with Crippen molar-refractivity contribution in [3.05, 3.63) is 29.6 Å². The van der Waals surface area contributed by atoms with Crippen molar-refractivity contribution >= 4 is 0 Å². The third-order valence-electron chi connectivity index (χ3n) is 3.21. The van der Waals surface area contributed by atoms with Gasteiger partial charge in [-0.1, -0.05) is 19.3 Å². The Morgan fingerprint density at radius 3 is 2.44 bits per heavy atom.